The van der Waals surface area contributed by atoms with Crippen molar-refractivity contribution in [1.82, 2.24) is 5.32 Å². The zero-order valence-corrected chi connectivity index (χ0v) is 14.4. The van der Waals surface area contributed by atoms with Gasteiger partial charge >= 0.3 is 0 Å². The molecule has 6 nitrogen and oxygen atoms in total. The number of amides is 2. The first-order valence-corrected chi connectivity index (χ1v) is 8.39. The summed E-state index contributed by atoms with van der Waals surface area (Å²) in [6.07, 6.45) is 0.907. The number of rotatable bonds is 6. The van der Waals surface area contributed by atoms with Gasteiger partial charge in [-0.05, 0) is 23.8 Å². The van der Waals surface area contributed by atoms with E-state index in [2.05, 4.69) is 10.6 Å². The van der Waals surface area contributed by atoms with Crippen LogP contribution in [0.25, 0.3) is 0 Å². The van der Waals surface area contributed by atoms with Gasteiger partial charge in [-0.2, -0.15) is 0 Å². The van der Waals surface area contributed by atoms with Gasteiger partial charge in [-0.25, -0.2) is 0 Å². The minimum absolute atomic E-state index is 0.126. The van der Waals surface area contributed by atoms with Gasteiger partial charge in [0.15, 0.2) is 0 Å². The predicted octanol–water partition coefficient (Wildman–Crippen LogP) is 2.77. The second kappa shape index (κ2) is 7.53. The first kappa shape index (κ1) is 17.2. The van der Waals surface area contributed by atoms with Crippen LogP contribution >= 0.6 is 0 Å². The summed E-state index contributed by atoms with van der Waals surface area (Å²) in [6.45, 7) is 2.30. The number of anilines is 1. The number of ether oxygens (including phenoxy) is 1. The highest BCUT2D eigenvalue weighted by atomic mass is 16.5. The Morgan fingerprint density at radius 3 is 2.88 bits per heavy atom. The van der Waals surface area contributed by atoms with Crippen molar-refractivity contribution in [1.29, 1.82) is 0 Å². The van der Waals surface area contributed by atoms with Crippen LogP contribution in [0.5, 0.6) is 0 Å². The highest BCUT2D eigenvalue weighted by Crippen LogP contribution is 2.32. The highest BCUT2D eigenvalue weighted by Gasteiger charge is 2.32. The maximum atomic E-state index is 12.9. The average Bonchev–Trinajstić information content (AvgIpc) is 3.09. The monoisotopic (exact) mass is 342 g/mol. The van der Waals surface area contributed by atoms with Gasteiger partial charge in [-0.1, -0.05) is 25.1 Å². The van der Waals surface area contributed by atoms with Gasteiger partial charge in [-0.3, -0.25) is 9.59 Å². The Kier molecular flexibility index (Phi) is 5.19. The Bertz CT molecular complexity index is 768. The van der Waals surface area contributed by atoms with Crippen LogP contribution in [0.2, 0.25) is 0 Å². The van der Waals surface area contributed by atoms with Gasteiger partial charge in [0.2, 0.25) is 11.8 Å². The molecule has 0 radical (unpaired) electrons. The molecule has 3 rings (SSSR count). The molecular formula is C19H22N2O4. The minimum atomic E-state index is -0.523. The minimum Gasteiger partial charge on any atom is -0.464 e. The maximum absolute atomic E-state index is 12.9. The van der Waals surface area contributed by atoms with E-state index in [0.717, 1.165) is 17.7 Å². The molecule has 25 heavy (non-hydrogen) atoms. The number of hydrogen-bond donors (Lipinski definition) is 2. The number of carbonyl (C=O) groups excluding carboxylic acids is 2. The Hall–Kier alpha value is -2.60. The molecule has 1 aromatic heterocycles. The predicted molar refractivity (Wildman–Crippen MR) is 93.3 cm³/mol. The summed E-state index contributed by atoms with van der Waals surface area (Å²) in [7, 11) is 1.58. The molecule has 2 heterocycles. The van der Waals surface area contributed by atoms with Crippen LogP contribution in [0.4, 0.5) is 5.69 Å². The molecule has 0 spiro atoms. The summed E-state index contributed by atoms with van der Waals surface area (Å²) < 4.78 is 11.0. The van der Waals surface area contributed by atoms with E-state index in [1.54, 1.807) is 13.2 Å². The van der Waals surface area contributed by atoms with Gasteiger partial charge in [0, 0.05) is 25.6 Å². The lowest BCUT2D eigenvalue weighted by atomic mass is 9.89. The first-order chi connectivity index (χ1) is 12.1. The summed E-state index contributed by atoms with van der Waals surface area (Å²) in [5.74, 6) is 0.616. The lowest BCUT2D eigenvalue weighted by molar-refractivity contribution is -0.127. The summed E-state index contributed by atoms with van der Waals surface area (Å²) in [4.78, 5) is 24.8. The van der Waals surface area contributed by atoms with Crippen LogP contribution in [0.1, 0.15) is 42.4 Å². The van der Waals surface area contributed by atoms with Crippen LogP contribution in [-0.2, 0) is 20.7 Å². The van der Waals surface area contributed by atoms with E-state index in [4.69, 9.17) is 9.15 Å². The third-order valence-electron chi connectivity index (χ3n) is 4.34. The maximum Gasteiger partial charge on any atom is 0.228 e. The molecule has 2 atom stereocenters. The molecule has 0 saturated carbocycles. The Balaban J connectivity index is 1.81. The van der Waals surface area contributed by atoms with Crippen LogP contribution < -0.4 is 10.6 Å². The van der Waals surface area contributed by atoms with Crippen molar-refractivity contribution in [3.8, 4) is 0 Å². The highest BCUT2D eigenvalue weighted by molar-refractivity contribution is 6.01. The molecular weight excluding hydrogens is 320 g/mol. The number of para-hydroxylation sites is 1. The zero-order chi connectivity index (χ0) is 17.8. The molecule has 0 unspecified atom stereocenters. The molecule has 0 saturated heterocycles. The quantitative estimate of drug-likeness (QED) is 0.846. The second-order valence-electron chi connectivity index (χ2n) is 6.07. The van der Waals surface area contributed by atoms with Gasteiger partial charge in [-0.15, -0.1) is 0 Å². The molecule has 0 fully saturated rings. The lowest BCUT2D eigenvalue weighted by Crippen LogP contribution is -2.38. The number of aryl methyl sites for hydroxylation is 1. The normalized spacial score (nSPS) is 17.5. The molecule has 2 amide bonds. The number of methoxy groups -OCH3 is 1. The number of hydrogen-bond acceptors (Lipinski definition) is 4. The van der Waals surface area contributed by atoms with E-state index in [1.807, 2.05) is 37.3 Å². The fourth-order valence-electron chi connectivity index (χ4n) is 3.05. The van der Waals surface area contributed by atoms with Gasteiger partial charge in [0.25, 0.3) is 0 Å². The van der Waals surface area contributed by atoms with Crippen molar-refractivity contribution in [3.63, 3.8) is 0 Å². The average molecular weight is 342 g/mol. The molecule has 1 aliphatic rings. The molecule has 1 aromatic carbocycles. The number of benzene rings is 1. The van der Waals surface area contributed by atoms with Gasteiger partial charge in [0.1, 0.15) is 17.6 Å². The van der Waals surface area contributed by atoms with Crippen LogP contribution in [0.15, 0.2) is 40.8 Å². The lowest BCUT2D eigenvalue weighted by Gasteiger charge is -2.26. The summed E-state index contributed by atoms with van der Waals surface area (Å²) in [5, 5.41) is 5.77. The van der Waals surface area contributed by atoms with Crippen molar-refractivity contribution in [3.05, 3.63) is 53.5 Å². The summed E-state index contributed by atoms with van der Waals surface area (Å²) in [5.41, 5.74) is 1.51. The van der Waals surface area contributed by atoms with E-state index in [0.29, 0.717) is 18.1 Å². The van der Waals surface area contributed by atoms with Crippen molar-refractivity contribution >= 4 is 17.5 Å². The summed E-state index contributed by atoms with van der Waals surface area (Å²) >= 11 is 0. The third-order valence-corrected chi connectivity index (χ3v) is 4.34. The number of nitrogens with one attached hydrogen (secondary N) is 2. The largest absolute Gasteiger partial charge is 0.464 e. The smallest absolute Gasteiger partial charge is 0.228 e. The van der Waals surface area contributed by atoms with Crippen LogP contribution in [-0.4, -0.2) is 25.5 Å². The standard InChI is InChI=1S/C19H22N2O4/c1-3-12-8-9-17(25-12)16(11-24-2)21-19(23)14-10-18(22)20-15-7-5-4-6-13(14)15/h4-9,14,16H,3,10-11H2,1-2H3,(H,20,22)(H,21,23)/t14-,16-/m1/s1. The van der Waals surface area contributed by atoms with Crippen LogP contribution in [0, 0.1) is 0 Å². The van der Waals surface area contributed by atoms with E-state index in [1.165, 1.54) is 0 Å². The van der Waals surface area contributed by atoms with E-state index < -0.39 is 12.0 Å². The third kappa shape index (κ3) is 3.74. The van der Waals surface area contributed by atoms with Crippen molar-refractivity contribution < 1.29 is 18.7 Å². The molecule has 1 aliphatic heterocycles. The van der Waals surface area contributed by atoms with E-state index in [-0.39, 0.29) is 18.2 Å². The van der Waals surface area contributed by atoms with E-state index in [9.17, 15) is 9.59 Å². The molecule has 2 N–H and O–H groups in total. The SMILES string of the molecule is CCc1ccc([C@@H](COC)NC(=O)[C@@H]2CC(=O)Nc3ccccc32)o1. The number of fused-ring (bicyclic) bond motifs is 1. The molecule has 6 heteroatoms. The zero-order valence-electron chi connectivity index (χ0n) is 14.4. The van der Waals surface area contributed by atoms with Crippen LogP contribution in [0.3, 0.4) is 0 Å². The number of carbonyl (C=O) groups is 2. The van der Waals surface area contributed by atoms with Gasteiger partial charge < -0.3 is 19.8 Å². The van der Waals surface area contributed by atoms with Gasteiger partial charge in [0.05, 0.1) is 12.5 Å². The fraction of sp³-hybridized carbons (Fsp3) is 0.368. The number of furan rings is 1. The Morgan fingerprint density at radius 1 is 1.36 bits per heavy atom. The van der Waals surface area contributed by atoms with E-state index >= 15 is 0 Å². The first-order valence-electron chi connectivity index (χ1n) is 8.39. The fourth-order valence-corrected chi connectivity index (χ4v) is 3.05. The topological polar surface area (TPSA) is 80.6 Å². The van der Waals surface area contributed by atoms with Crippen molar-refractivity contribution in [2.45, 2.75) is 31.7 Å². The van der Waals surface area contributed by atoms with Crippen molar-refractivity contribution in [2.75, 3.05) is 19.0 Å². The Morgan fingerprint density at radius 2 is 2.16 bits per heavy atom. The molecule has 2 aromatic rings. The molecule has 0 bridgehead atoms. The second-order valence-corrected chi connectivity index (χ2v) is 6.07. The van der Waals surface area contributed by atoms with Crippen molar-refractivity contribution in [2.24, 2.45) is 0 Å². The summed E-state index contributed by atoms with van der Waals surface area (Å²) in [6, 6.07) is 10.7. The molecule has 0 aliphatic carbocycles. The Labute approximate surface area is 146 Å². The molecule has 132 valence electrons.